The fourth-order valence-corrected chi connectivity index (χ4v) is 3.84. The van der Waals surface area contributed by atoms with E-state index < -0.39 is 0 Å². The molecule has 0 amide bonds. The zero-order valence-electron chi connectivity index (χ0n) is 16.6. The third-order valence-corrected chi connectivity index (χ3v) is 5.33. The van der Waals surface area contributed by atoms with Crippen LogP contribution in [0.25, 0.3) is 15.6 Å². The maximum absolute atomic E-state index is 5.88. The van der Waals surface area contributed by atoms with Gasteiger partial charge in [0.1, 0.15) is 0 Å². The summed E-state index contributed by atoms with van der Waals surface area (Å²) in [5.74, 6) is 1.99. The van der Waals surface area contributed by atoms with Crippen molar-refractivity contribution in [1.82, 2.24) is 19.7 Å². The van der Waals surface area contributed by atoms with Crippen molar-refractivity contribution in [3.63, 3.8) is 0 Å². The summed E-state index contributed by atoms with van der Waals surface area (Å²) in [6.07, 6.45) is 1.80. The normalized spacial score (nSPS) is 10.6. The van der Waals surface area contributed by atoms with Crippen molar-refractivity contribution in [2.45, 2.75) is 0 Å². The number of aromatic nitrogens is 4. The maximum Gasteiger partial charge on any atom is 0.241 e. The quantitative estimate of drug-likeness (QED) is 0.462. The van der Waals surface area contributed by atoms with Gasteiger partial charge in [-0.2, -0.15) is 9.67 Å². The van der Waals surface area contributed by atoms with Gasteiger partial charge in [-0.3, -0.25) is 0 Å². The van der Waals surface area contributed by atoms with E-state index in [1.165, 1.54) is 11.3 Å². The summed E-state index contributed by atoms with van der Waals surface area (Å²) >= 11 is 1.48. The molecule has 0 radical (unpaired) electrons. The Labute approximate surface area is 177 Å². The van der Waals surface area contributed by atoms with E-state index >= 15 is 0 Å². The number of hydrogen-bond acceptors (Lipinski definition) is 9. The van der Waals surface area contributed by atoms with Gasteiger partial charge in [0.15, 0.2) is 11.5 Å². The molecule has 9 nitrogen and oxygen atoms in total. The Bertz CT molecular complexity index is 1160. The molecule has 0 atom stereocenters. The van der Waals surface area contributed by atoms with Crippen molar-refractivity contribution in [3.05, 3.63) is 48.7 Å². The van der Waals surface area contributed by atoms with Gasteiger partial charge >= 0.3 is 0 Å². The summed E-state index contributed by atoms with van der Waals surface area (Å²) in [6, 6.07) is 13.6. The third-order valence-electron chi connectivity index (χ3n) is 4.31. The minimum absolute atomic E-state index is 0.119. The molecule has 4 aromatic rings. The lowest BCUT2D eigenvalue weighted by Gasteiger charge is -2.16. The van der Waals surface area contributed by atoms with Crippen molar-refractivity contribution in [2.75, 3.05) is 32.4 Å². The lowest BCUT2D eigenvalue weighted by Crippen LogP contribution is -2.05. The molecule has 30 heavy (non-hydrogen) atoms. The van der Waals surface area contributed by atoms with E-state index in [9.17, 15) is 0 Å². The van der Waals surface area contributed by atoms with Gasteiger partial charge in [-0.25, -0.2) is 4.98 Å². The molecule has 0 saturated carbocycles. The number of nitrogens with one attached hydrogen (secondary N) is 1. The zero-order valence-corrected chi connectivity index (χ0v) is 17.4. The molecule has 2 aromatic heterocycles. The largest absolute Gasteiger partial charge is 0.493 e. The van der Waals surface area contributed by atoms with E-state index in [1.54, 1.807) is 44.3 Å². The molecule has 10 heteroatoms. The van der Waals surface area contributed by atoms with Crippen LogP contribution in [-0.4, -0.2) is 41.1 Å². The van der Waals surface area contributed by atoms with Crippen LogP contribution in [0.15, 0.2) is 48.7 Å². The van der Waals surface area contributed by atoms with E-state index in [0.29, 0.717) is 34.0 Å². The van der Waals surface area contributed by atoms with Gasteiger partial charge < -0.3 is 25.3 Å². The molecule has 0 spiro atoms. The second-order valence-electron chi connectivity index (χ2n) is 6.09. The maximum atomic E-state index is 5.88. The molecule has 0 bridgehead atoms. The number of nitrogen functional groups attached to an aromatic ring is 1. The zero-order chi connectivity index (χ0) is 21.1. The summed E-state index contributed by atoms with van der Waals surface area (Å²) in [6.45, 7) is 0. The Kier molecular flexibility index (Phi) is 5.40. The van der Waals surface area contributed by atoms with E-state index in [2.05, 4.69) is 20.4 Å². The van der Waals surface area contributed by atoms with Crippen LogP contribution in [0.4, 0.5) is 17.6 Å². The monoisotopic (exact) mass is 424 g/mol. The van der Waals surface area contributed by atoms with E-state index in [1.807, 2.05) is 30.3 Å². The molecule has 2 heterocycles. The molecule has 0 saturated heterocycles. The van der Waals surface area contributed by atoms with Gasteiger partial charge in [0.05, 0.1) is 31.9 Å². The molecule has 3 N–H and O–H groups in total. The van der Waals surface area contributed by atoms with Crippen molar-refractivity contribution in [2.24, 2.45) is 0 Å². The number of nitrogens with two attached hydrogens (primary N) is 1. The predicted molar refractivity (Wildman–Crippen MR) is 116 cm³/mol. The Balaban J connectivity index is 1.71. The van der Waals surface area contributed by atoms with Crippen LogP contribution in [0.2, 0.25) is 0 Å². The standard InChI is InChI=1S/C20H20N6O3S/c1-27-14-10-9-13(16(28-2)17(14)29-3)23-19-24-18(21)25-26(19)20-22-11-15(30-20)12-7-5-4-6-8-12/h4-11H,1-3H3,(H3,21,23,24,25). The highest BCUT2D eigenvalue weighted by Gasteiger charge is 2.20. The first-order valence-corrected chi connectivity index (χ1v) is 9.76. The van der Waals surface area contributed by atoms with Crippen molar-refractivity contribution >= 4 is 28.9 Å². The van der Waals surface area contributed by atoms with Crippen molar-refractivity contribution in [3.8, 4) is 32.8 Å². The summed E-state index contributed by atoms with van der Waals surface area (Å²) in [4.78, 5) is 9.79. The summed E-state index contributed by atoms with van der Waals surface area (Å²) in [5, 5.41) is 8.11. The fraction of sp³-hybridized carbons (Fsp3) is 0.150. The first-order valence-electron chi connectivity index (χ1n) is 8.94. The summed E-state index contributed by atoms with van der Waals surface area (Å²) in [5.41, 5.74) is 7.57. The molecule has 0 aliphatic heterocycles. The van der Waals surface area contributed by atoms with Crippen LogP contribution in [0, 0.1) is 0 Å². The molecule has 2 aromatic carbocycles. The molecular formula is C20H20N6O3S. The fourth-order valence-electron chi connectivity index (χ4n) is 2.96. The average Bonchev–Trinajstić information content (AvgIpc) is 3.40. The lowest BCUT2D eigenvalue weighted by atomic mass is 10.2. The smallest absolute Gasteiger partial charge is 0.241 e. The van der Waals surface area contributed by atoms with Gasteiger partial charge in [0, 0.05) is 6.20 Å². The van der Waals surface area contributed by atoms with E-state index in [4.69, 9.17) is 19.9 Å². The molecular weight excluding hydrogens is 404 g/mol. The number of thiazole rings is 1. The van der Waals surface area contributed by atoms with Crippen LogP contribution in [0.1, 0.15) is 0 Å². The number of rotatable bonds is 7. The Morgan fingerprint density at radius 1 is 0.967 bits per heavy atom. The second-order valence-corrected chi connectivity index (χ2v) is 7.09. The van der Waals surface area contributed by atoms with Crippen LogP contribution >= 0.6 is 11.3 Å². The Hall–Kier alpha value is -3.79. The highest BCUT2D eigenvalue weighted by atomic mass is 32.1. The molecule has 0 unspecified atom stereocenters. The number of benzene rings is 2. The lowest BCUT2D eigenvalue weighted by molar-refractivity contribution is 0.325. The molecule has 0 aliphatic carbocycles. The minimum Gasteiger partial charge on any atom is -0.493 e. The highest BCUT2D eigenvalue weighted by Crippen LogP contribution is 2.43. The number of nitrogens with zero attached hydrogens (tertiary/aromatic N) is 4. The number of ether oxygens (including phenoxy) is 3. The highest BCUT2D eigenvalue weighted by molar-refractivity contribution is 7.17. The Morgan fingerprint density at radius 3 is 2.43 bits per heavy atom. The van der Waals surface area contributed by atoms with Crippen LogP contribution < -0.4 is 25.3 Å². The number of methoxy groups -OCH3 is 3. The van der Waals surface area contributed by atoms with Gasteiger partial charge in [0.2, 0.25) is 22.8 Å². The van der Waals surface area contributed by atoms with Crippen molar-refractivity contribution in [1.29, 1.82) is 0 Å². The third kappa shape index (κ3) is 3.60. The first-order chi connectivity index (χ1) is 14.6. The molecule has 4 rings (SSSR count). The van der Waals surface area contributed by atoms with E-state index in [-0.39, 0.29) is 5.95 Å². The van der Waals surface area contributed by atoms with Gasteiger partial charge in [-0.15, -0.1) is 5.10 Å². The average molecular weight is 424 g/mol. The van der Waals surface area contributed by atoms with Gasteiger partial charge in [-0.1, -0.05) is 41.7 Å². The minimum atomic E-state index is 0.119. The first kappa shape index (κ1) is 19.5. The molecule has 0 fully saturated rings. The number of hydrogen-bond donors (Lipinski definition) is 2. The summed E-state index contributed by atoms with van der Waals surface area (Å²) in [7, 11) is 4.66. The van der Waals surface area contributed by atoms with Gasteiger partial charge in [-0.05, 0) is 17.7 Å². The van der Waals surface area contributed by atoms with E-state index in [0.717, 1.165) is 10.4 Å². The SMILES string of the molecule is COc1ccc(Nc2nc(N)nn2-c2ncc(-c3ccccc3)s2)c(OC)c1OC. The Morgan fingerprint density at radius 2 is 1.73 bits per heavy atom. The van der Waals surface area contributed by atoms with Crippen LogP contribution in [0.3, 0.4) is 0 Å². The van der Waals surface area contributed by atoms with Crippen LogP contribution in [-0.2, 0) is 0 Å². The van der Waals surface area contributed by atoms with Gasteiger partial charge in [0.25, 0.3) is 0 Å². The predicted octanol–water partition coefficient (Wildman–Crippen LogP) is 3.74. The molecule has 154 valence electrons. The molecule has 0 aliphatic rings. The topological polar surface area (TPSA) is 109 Å². The summed E-state index contributed by atoms with van der Waals surface area (Å²) < 4.78 is 17.9. The second kappa shape index (κ2) is 8.29. The van der Waals surface area contributed by atoms with Crippen molar-refractivity contribution < 1.29 is 14.2 Å². The number of anilines is 3. The van der Waals surface area contributed by atoms with Crippen LogP contribution in [0.5, 0.6) is 17.2 Å².